The minimum Gasteiger partial charge on any atom is -0.445 e. The molecule has 1 aliphatic rings. The van der Waals surface area contributed by atoms with Gasteiger partial charge in [-0.1, -0.05) is 49.6 Å². The van der Waals surface area contributed by atoms with Crippen molar-refractivity contribution in [1.29, 1.82) is 0 Å². The molecule has 1 aromatic carbocycles. The van der Waals surface area contributed by atoms with E-state index in [1.54, 1.807) is 0 Å². The smallest absolute Gasteiger partial charge is 0.407 e. The second-order valence-electron chi connectivity index (χ2n) is 5.39. The van der Waals surface area contributed by atoms with Crippen LogP contribution in [-0.4, -0.2) is 23.8 Å². The number of hydrogen-bond acceptors (Lipinski definition) is 3. The van der Waals surface area contributed by atoms with Gasteiger partial charge in [0.25, 0.3) is 0 Å². The van der Waals surface area contributed by atoms with Gasteiger partial charge in [0.15, 0.2) is 0 Å². The van der Waals surface area contributed by atoms with Crippen LogP contribution in [0.25, 0.3) is 0 Å². The van der Waals surface area contributed by atoms with E-state index in [1.165, 1.54) is 6.42 Å². The fraction of sp³-hybridized carbons (Fsp3) is 0.562. The average Bonchev–Trinajstić information content (AvgIpc) is 2.71. The molecule has 4 heteroatoms. The normalized spacial score (nSPS) is 22.9. The molecule has 1 aromatic rings. The number of carbonyl (C=O) groups excluding carboxylic acids is 1. The van der Waals surface area contributed by atoms with Crippen LogP contribution in [0.2, 0.25) is 0 Å². The molecule has 0 saturated heterocycles. The molecule has 110 valence electrons. The summed E-state index contributed by atoms with van der Waals surface area (Å²) in [7, 11) is 0. The lowest BCUT2D eigenvalue weighted by atomic mass is 9.96. The summed E-state index contributed by atoms with van der Waals surface area (Å²) in [6, 6.07) is 9.66. The second kappa shape index (κ2) is 7.90. The Kier molecular flexibility index (Phi) is 5.87. The van der Waals surface area contributed by atoms with E-state index >= 15 is 0 Å². The third kappa shape index (κ3) is 4.53. The van der Waals surface area contributed by atoms with Gasteiger partial charge in [0.1, 0.15) is 6.61 Å². The lowest BCUT2D eigenvalue weighted by Crippen LogP contribution is -2.41. The van der Waals surface area contributed by atoms with Crippen molar-refractivity contribution in [3.05, 3.63) is 35.9 Å². The highest BCUT2D eigenvalue weighted by atomic mass is 16.5. The van der Waals surface area contributed by atoms with Gasteiger partial charge in [0.2, 0.25) is 0 Å². The van der Waals surface area contributed by atoms with E-state index in [0.717, 1.165) is 31.2 Å². The summed E-state index contributed by atoms with van der Waals surface area (Å²) < 4.78 is 5.23. The van der Waals surface area contributed by atoms with Gasteiger partial charge in [0.05, 0.1) is 0 Å². The summed E-state index contributed by atoms with van der Waals surface area (Å²) in [6.07, 6.45) is 4.90. The maximum Gasteiger partial charge on any atom is 0.407 e. The Morgan fingerprint density at radius 1 is 1.20 bits per heavy atom. The Hall–Kier alpha value is -1.55. The van der Waals surface area contributed by atoms with E-state index < -0.39 is 0 Å². The number of hydrogen-bond donors (Lipinski definition) is 2. The number of carbonyl (C=O) groups is 1. The molecule has 1 aliphatic carbocycles. The summed E-state index contributed by atoms with van der Waals surface area (Å²) in [5, 5.41) is 12.3. The molecule has 4 nitrogen and oxygen atoms in total. The Morgan fingerprint density at radius 2 is 1.95 bits per heavy atom. The van der Waals surface area contributed by atoms with Crippen molar-refractivity contribution in [3.8, 4) is 0 Å². The Balaban J connectivity index is 1.80. The van der Waals surface area contributed by atoms with E-state index in [4.69, 9.17) is 4.74 Å². The van der Waals surface area contributed by atoms with Crippen molar-refractivity contribution in [2.75, 3.05) is 6.61 Å². The van der Waals surface area contributed by atoms with Crippen LogP contribution in [-0.2, 0) is 11.3 Å². The standard InChI is InChI=1S/C16H23NO3/c18-11-14-9-5-2-6-10-15(14)17-16(19)20-12-13-7-3-1-4-8-13/h1,3-4,7-8,14-15,18H,2,5-6,9-12H2,(H,17,19). The second-order valence-corrected chi connectivity index (χ2v) is 5.39. The van der Waals surface area contributed by atoms with Gasteiger partial charge in [-0.3, -0.25) is 0 Å². The highest BCUT2D eigenvalue weighted by molar-refractivity contribution is 5.67. The van der Waals surface area contributed by atoms with Crippen molar-refractivity contribution in [1.82, 2.24) is 5.32 Å². The van der Waals surface area contributed by atoms with E-state index in [-0.39, 0.29) is 31.3 Å². The Labute approximate surface area is 120 Å². The highest BCUT2D eigenvalue weighted by Gasteiger charge is 2.24. The average molecular weight is 277 g/mol. The predicted molar refractivity (Wildman–Crippen MR) is 77.2 cm³/mol. The van der Waals surface area contributed by atoms with Crippen molar-refractivity contribution >= 4 is 6.09 Å². The minimum absolute atomic E-state index is 0.0331. The first kappa shape index (κ1) is 14.9. The minimum atomic E-state index is -0.390. The number of aliphatic hydroxyl groups is 1. The molecule has 2 unspecified atom stereocenters. The van der Waals surface area contributed by atoms with Crippen LogP contribution in [0, 0.1) is 5.92 Å². The van der Waals surface area contributed by atoms with Crippen molar-refractivity contribution in [2.45, 2.75) is 44.8 Å². The predicted octanol–water partition coefficient (Wildman–Crippen LogP) is 2.85. The fourth-order valence-electron chi connectivity index (χ4n) is 2.71. The van der Waals surface area contributed by atoms with E-state index in [0.29, 0.717) is 0 Å². The topological polar surface area (TPSA) is 58.6 Å². The number of nitrogens with one attached hydrogen (secondary N) is 1. The van der Waals surface area contributed by atoms with Gasteiger partial charge in [-0.2, -0.15) is 0 Å². The van der Waals surface area contributed by atoms with Crippen LogP contribution in [0.3, 0.4) is 0 Å². The molecule has 0 heterocycles. The van der Waals surface area contributed by atoms with Crippen LogP contribution in [0.5, 0.6) is 0 Å². The van der Waals surface area contributed by atoms with Gasteiger partial charge in [-0.15, -0.1) is 0 Å². The molecule has 20 heavy (non-hydrogen) atoms. The molecule has 2 atom stereocenters. The van der Waals surface area contributed by atoms with Crippen molar-refractivity contribution < 1.29 is 14.6 Å². The molecule has 0 aromatic heterocycles. The SMILES string of the molecule is O=C(NC1CCCCCC1CO)OCc1ccccc1. The molecule has 1 amide bonds. The molecule has 1 fully saturated rings. The zero-order chi connectivity index (χ0) is 14.2. The molecule has 0 radical (unpaired) electrons. The third-order valence-corrected chi connectivity index (χ3v) is 3.91. The lowest BCUT2D eigenvalue weighted by molar-refractivity contribution is 0.123. The van der Waals surface area contributed by atoms with Crippen LogP contribution < -0.4 is 5.32 Å². The number of ether oxygens (including phenoxy) is 1. The van der Waals surface area contributed by atoms with Crippen LogP contribution in [0.1, 0.15) is 37.7 Å². The summed E-state index contributed by atoms with van der Waals surface area (Å²) >= 11 is 0. The Bertz CT molecular complexity index is 407. The van der Waals surface area contributed by atoms with Gasteiger partial charge in [-0.25, -0.2) is 4.79 Å². The zero-order valence-electron chi connectivity index (χ0n) is 11.8. The number of rotatable bonds is 4. The molecule has 1 saturated carbocycles. The van der Waals surface area contributed by atoms with Gasteiger partial charge in [-0.05, 0) is 18.4 Å². The lowest BCUT2D eigenvalue weighted by Gasteiger charge is -2.24. The zero-order valence-corrected chi connectivity index (χ0v) is 11.8. The van der Waals surface area contributed by atoms with E-state index in [1.807, 2.05) is 30.3 Å². The molecule has 2 N–H and O–H groups in total. The highest BCUT2D eigenvalue weighted by Crippen LogP contribution is 2.23. The molecule has 2 rings (SSSR count). The van der Waals surface area contributed by atoms with Gasteiger partial charge >= 0.3 is 6.09 Å². The summed E-state index contributed by atoms with van der Waals surface area (Å²) in [4.78, 5) is 11.8. The molecule has 0 aliphatic heterocycles. The summed E-state index contributed by atoms with van der Waals surface area (Å²) in [5.74, 6) is 0.154. The number of aliphatic hydroxyl groups excluding tert-OH is 1. The molecular weight excluding hydrogens is 254 g/mol. The van der Waals surface area contributed by atoms with E-state index in [2.05, 4.69) is 5.32 Å². The van der Waals surface area contributed by atoms with Crippen LogP contribution in [0.4, 0.5) is 4.79 Å². The van der Waals surface area contributed by atoms with Crippen molar-refractivity contribution in [2.24, 2.45) is 5.92 Å². The fourth-order valence-corrected chi connectivity index (χ4v) is 2.71. The number of alkyl carbamates (subject to hydrolysis) is 1. The van der Waals surface area contributed by atoms with Crippen LogP contribution in [0.15, 0.2) is 30.3 Å². The quantitative estimate of drug-likeness (QED) is 0.832. The maximum atomic E-state index is 11.8. The molecule has 0 bridgehead atoms. The third-order valence-electron chi connectivity index (χ3n) is 3.91. The first-order valence-corrected chi connectivity index (χ1v) is 7.37. The summed E-state index contributed by atoms with van der Waals surface area (Å²) in [5.41, 5.74) is 0.974. The van der Waals surface area contributed by atoms with Gasteiger partial charge < -0.3 is 15.2 Å². The van der Waals surface area contributed by atoms with Gasteiger partial charge in [0, 0.05) is 18.6 Å². The number of benzene rings is 1. The Morgan fingerprint density at radius 3 is 2.70 bits per heavy atom. The van der Waals surface area contributed by atoms with E-state index in [9.17, 15) is 9.90 Å². The maximum absolute atomic E-state index is 11.8. The van der Waals surface area contributed by atoms with Crippen LogP contribution >= 0.6 is 0 Å². The monoisotopic (exact) mass is 277 g/mol. The molecule has 0 spiro atoms. The molecular formula is C16H23NO3. The van der Waals surface area contributed by atoms with Crippen molar-refractivity contribution in [3.63, 3.8) is 0 Å². The summed E-state index contributed by atoms with van der Waals surface area (Å²) in [6.45, 7) is 0.410. The number of amides is 1. The first-order chi connectivity index (χ1) is 9.79. The largest absolute Gasteiger partial charge is 0.445 e. The first-order valence-electron chi connectivity index (χ1n) is 7.37.